The van der Waals surface area contributed by atoms with E-state index in [9.17, 15) is 19.2 Å². The molecule has 0 bridgehead atoms. The molecule has 13 nitrogen and oxygen atoms in total. The number of aromatic nitrogens is 2. The molecule has 0 spiro atoms. The monoisotopic (exact) mass is 757 g/mol. The maximum absolute atomic E-state index is 13.2. The molecule has 1 aliphatic carbocycles. The van der Waals surface area contributed by atoms with Gasteiger partial charge < -0.3 is 25.0 Å². The van der Waals surface area contributed by atoms with Crippen LogP contribution in [0.1, 0.15) is 90.9 Å². The van der Waals surface area contributed by atoms with Crippen LogP contribution < -0.4 is 30.3 Å². The van der Waals surface area contributed by atoms with Crippen molar-refractivity contribution >= 4 is 35.3 Å². The number of piperazine rings is 1. The van der Waals surface area contributed by atoms with Gasteiger partial charge in [-0.3, -0.25) is 29.4 Å². The number of rotatable bonds is 11. The van der Waals surface area contributed by atoms with E-state index >= 15 is 0 Å². The standard InChI is InChI=1S/C43H47N7O6/c1-25-22-49(23-26(2)45-25)42-44-18-17-30(47-42)24-55-32-10-5-27(6-11-32)43(3,4)28-7-12-33(13-8-28)56-34-19-31(20-34)46-29-9-14-35-36(21-29)41(54)50(40(35)53)37-15-16-38(51)48-39(37)52/h5-14,17-18,21,25-26,31,34,37,45-46H,15-16,19-20,22-24H2,1-4H3,(H,48,51,52)/t25-,26+,31-,34+,37?. The molecule has 1 aromatic heterocycles. The number of fused-ring (bicyclic) bond motifs is 1. The number of nitrogens with one attached hydrogen (secondary N) is 3. The number of hydrogen-bond acceptors (Lipinski definition) is 11. The first-order valence-electron chi connectivity index (χ1n) is 19.4. The summed E-state index contributed by atoms with van der Waals surface area (Å²) in [4.78, 5) is 62.7. The molecule has 3 aliphatic heterocycles. The van der Waals surface area contributed by atoms with Crippen LogP contribution in [0.3, 0.4) is 0 Å². The van der Waals surface area contributed by atoms with Gasteiger partial charge in [-0.05, 0) is 79.9 Å². The third kappa shape index (κ3) is 7.55. The van der Waals surface area contributed by atoms with E-state index in [4.69, 9.17) is 14.5 Å². The largest absolute Gasteiger partial charge is 0.490 e. The number of anilines is 2. The van der Waals surface area contributed by atoms with E-state index in [0.29, 0.717) is 18.7 Å². The Kier molecular flexibility index (Phi) is 9.96. The van der Waals surface area contributed by atoms with E-state index in [1.807, 2.05) is 30.3 Å². The fourth-order valence-corrected chi connectivity index (χ4v) is 8.12. The minimum absolute atomic E-state index is 0.0444. The molecule has 3 N–H and O–H groups in total. The summed E-state index contributed by atoms with van der Waals surface area (Å²) in [5, 5.41) is 9.22. The molecule has 56 heavy (non-hydrogen) atoms. The Morgan fingerprint density at radius 1 is 0.839 bits per heavy atom. The van der Waals surface area contributed by atoms with Crippen molar-refractivity contribution in [1.29, 1.82) is 0 Å². The highest BCUT2D eigenvalue weighted by atomic mass is 16.5. The molecule has 2 saturated heterocycles. The Bertz CT molecular complexity index is 2140. The van der Waals surface area contributed by atoms with Gasteiger partial charge in [0.25, 0.3) is 11.8 Å². The lowest BCUT2D eigenvalue weighted by Gasteiger charge is -2.36. The topological polar surface area (TPSA) is 155 Å². The van der Waals surface area contributed by atoms with Crippen LogP contribution >= 0.6 is 0 Å². The average molecular weight is 758 g/mol. The lowest BCUT2D eigenvalue weighted by molar-refractivity contribution is -0.136. The Morgan fingerprint density at radius 3 is 2.18 bits per heavy atom. The van der Waals surface area contributed by atoms with Crippen molar-refractivity contribution < 1.29 is 28.7 Å². The van der Waals surface area contributed by atoms with Crippen LogP contribution in [0, 0.1) is 0 Å². The maximum Gasteiger partial charge on any atom is 0.262 e. The summed E-state index contributed by atoms with van der Waals surface area (Å²) in [7, 11) is 0. The number of imide groups is 2. The molecule has 4 aromatic rings. The number of hydrogen-bond donors (Lipinski definition) is 3. The molecule has 3 aromatic carbocycles. The second kappa shape index (κ2) is 15.0. The number of benzene rings is 3. The van der Waals surface area contributed by atoms with Gasteiger partial charge in [0.15, 0.2) is 0 Å². The van der Waals surface area contributed by atoms with Crippen LogP contribution in [0.4, 0.5) is 11.6 Å². The average Bonchev–Trinajstić information content (AvgIpc) is 3.41. The van der Waals surface area contributed by atoms with Gasteiger partial charge in [0.05, 0.1) is 16.8 Å². The van der Waals surface area contributed by atoms with Crippen LogP contribution in [0.15, 0.2) is 79.0 Å². The number of carbonyl (C=O) groups is 4. The molecular formula is C43H47N7O6. The van der Waals surface area contributed by atoms with Crippen molar-refractivity contribution in [1.82, 2.24) is 25.5 Å². The van der Waals surface area contributed by atoms with Crippen molar-refractivity contribution in [3.63, 3.8) is 0 Å². The molecule has 4 aliphatic rings. The lowest BCUT2D eigenvalue weighted by atomic mass is 9.78. The van der Waals surface area contributed by atoms with Crippen molar-refractivity contribution in [3.05, 3.63) is 107 Å². The molecule has 3 atom stereocenters. The molecule has 3 fully saturated rings. The van der Waals surface area contributed by atoms with Gasteiger partial charge in [0.2, 0.25) is 17.8 Å². The van der Waals surface area contributed by atoms with Gasteiger partial charge in [-0.25, -0.2) is 9.97 Å². The molecule has 4 heterocycles. The zero-order valence-electron chi connectivity index (χ0n) is 32.1. The van der Waals surface area contributed by atoms with Crippen molar-refractivity contribution in [3.8, 4) is 11.5 Å². The second-order valence-corrected chi connectivity index (χ2v) is 15.9. The second-order valence-electron chi connectivity index (χ2n) is 15.9. The predicted molar refractivity (Wildman–Crippen MR) is 210 cm³/mol. The summed E-state index contributed by atoms with van der Waals surface area (Å²) in [6, 6.07) is 23.4. The normalized spacial score (nSPS) is 23.7. The first-order valence-corrected chi connectivity index (χ1v) is 19.4. The van der Waals surface area contributed by atoms with Gasteiger partial charge in [0.1, 0.15) is 30.3 Å². The minimum Gasteiger partial charge on any atom is -0.490 e. The molecule has 8 rings (SSSR count). The van der Waals surface area contributed by atoms with Gasteiger partial charge in [-0.15, -0.1) is 0 Å². The Hall–Kier alpha value is -5.82. The zero-order valence-corrected chi connectivity index (χ0v) is 32.1. The molecule has 13 heteroatoms. The molecule has 4 amide bonds. The van der Waals surface area contributed by atoms with E-state index in [1.54, 1.807) is 24.4 Å². The van der Waals surface area contributed by atoms with Crippen LogP contribution in [-0.4, -0.2) is 81.9 Å². The number of ether oxygens (including phenoxy) is 2. The SMILES string of the molecule is C[C@@H]1CN(c2nccc(COc3ccc(C(C)(C)c4ccc(O[C@H]5C[C@@H](Nc6ccc7c(c6)C(=O)N(C6CCC(=O)NC6=O)C7=O)C5)cc4)cc3)n2)C[C@H](C)N1. The van der Waals surface area contributed by atoms with Crippen LogP contribution in [0.25, 0.3) is 0 Å². The Morgan fingerprint density at radius 2 is 1.50 bits per heavy atom. The molecule has 290 valence electrons. The number of carbonyl (C=O) groups excluding carboxylic acids is 4. The van der Waals surface area contributed by atoms with Crippen molar-refractivity contribution in [2.75, 3.05) is 23.3 Å². The van der Waals surface area contributed by atoms with Gasteiger partial charge in [0, 0.05) is 67.8 Å². The highest BCUT2D eigenvalue weighted by Crippen LogP contribution is 2.36. The lowest BCUT2D eigenvalue weighted by Crippen LogP contribution is -2.54. The zero-order chi connectivity index (χ0) is 39.1. The summed E-state index contributed by atoms with van der Waals surface area (Å²) < 4.78 is 12.4. The van der Waals surface area contributed by atoms with Crippen molar-refractivity contribution in [2.45, 2.75) is 95.7 Å². The van der Waals surface area contributed by atoms with Crippen LogP contribution in [-0.2, 0) is 21.6 Å². The number of amides is 4. The van der Waals surface area contributed by atoms with E-state index in [2.05, 4.69) is 77.8 Å². The predicted octanol–water partition coefficient (Wildman–Crippen LogP) is 4.99. The quantitative estimate of drug-likeness (QED) is 0.177. The molecule has 0 radical (unpaired) electrons. The molecule has 1 saturated carbocycles. The minimum atomic E-state index is -0.986. The third-order valence-electron chi connectivity index (χ3n) is 11.3. The number of piperidine rings is 1. The summed E-state index contributed by atoms with van der Waals surface area (Å²) in [6.07, 6.45) is 3.61. The van der Waals surface area contributed by atoms with E-state index < -0.39 is 29.7 Å². The van der Waals surface area contributed by atoms with E-state index in [1.165, 1.54) is 5.56 Å². The van der Waals surface area contributed by atoms with E-state index in [-0.39, 0.29) is 41.5 Å². The smallest absolute Gasteiger partial charge is 0.262 e. The van der Waals surface area contributed by atoms with Gasteiger partial charge >= 0.3 is 0 Å². The van der Waals surface area contributed by atoms with Crippen molar-refractivity contribution in [2.24, 2.45) is 0 Å². The molecular weight excluding hydrogens is 711 g/mol. The Labute approximate surface area is 326 Å². The molecule has 1 unspecified atom stereocenters. The highest BCUT2D eigenvalue weighted by molar-refractivity contribution is 6.23. The van der Waals surface area contributed by atoms with Crippen LogP contribution in [0.2, 0.25) is 0 Å². The fourth-order valence-electron chi connectivity index (χ4n) is 8.12. The summed E-state index contributed by atoms with van der Waals surface area (Å²) in [5.41, 5.74) is 4.16. The Balaban J connectivity index is 0.813. The van der Waals surface area contributed by atoms with Gasteiger partial charge in [-0.2, -0.15) is 0 Å². The fraction of sp³-hybridized carbons (Fsp3) is 0.395. The third-order valence-corrected chi connectivity index (χ3v) is 11.3. The first kappa shape index (κ1) is 37.1. The first-order chi connectivity index (χ1) is 26.9. The highest BCUT2D eigenvalue weighted by Gasteiger charge is 2.45. The number of nitrogens with zero attached hydrogens (tertiary/aromatic N) is 4. The summed E-state index contributed by atoms with van der Waals surface area (Å²) >= 11 is 0. The summed E-state index contributed by atoms with van der Waals surface area (Å²) in [5.74, 6) is 0.273. The maximum atomic E-state index is 13.2. The van der Waals surface area contributed by atoms with Gasteiger partial charge in [-0.1, -0.05) is 38.1 Å². The van der Waals surface area contributed by atoms with Crippen LogP contribution in [0.5, 0.6) is 11.5 Å². The van der Waals surface area contributed by atoms with E-state index in [0.717, 1.165) is 65.2 Å². The summed E-state index contributed by atoms with van der Waals surface area (Å²) in [6.45, 7) is 10.9.